The predicted molar refractivity (Wildman–Crippen MR) is 64.9 cm³/mol. The molecular formula is C12H15F2NO2S. The van der Waals surface area contributed by atoms with Crippen LogP contribution in [0, 0.1) is 17.6 Å². The van der Waals surface area contributed by atoms with Crippen LogP contribution < -0.4 is 5.32 Å². The molecule has 1 heterocycles. The van der Waals surface area contributed by atoms with E-state index in [9.17, 15) is 17.2 Å². The number of hydrogen-bond acceptors (Lipinski definition) is 3. The Morgan fingerprint density at radius 2 is 1.78 bits per heavy atom. The Hall–Kier alpha value is -1.01. The largest absolute Gasteiger partial charge is 0.309 e. The lowest BCUT2D eigenvalue weighted by Gasteiger charge is -2.16. The normalized spacial score (nSPS) is 27.7. The number of halogens is 2. The lowest BCUT2D eigenvalue weighted by Crippen LogP contribution is -2.26. The van der Waals surface area contributed by atoms with E-state index in [0.717, 1.165) is 6.07 Å². The second-order valence-corrected chi connectivity index (χ2v) is 7.00. The van der Waals surface area contributed by atoms with Gasteiger partial charge >= 0.3 is 0 Å². The summed E-state index contributed by atoms with van der Waals surface area (Å²) in [7, 11) is -3.20. The summed E-state index contributed by atoms with van der Waals surface area (Å²) in [6.07, 6.45) is 0. The van der Waals surface area contributed by atoms with Crippen molar-refractivity contribution in [2.75, 3.05) is 18.1 Å². The maximum Gasteiger partial charge on any atom is 0.152 e. The van der Waals surface area contributed by atoms with Crippen LogP contribution in [0.25, 0.3) is 0 Å². The monoisotopic (exact) mass is 275 g/mol. The Kier molecular flexibility index (Phi) is 3.68. The fraction of sp³-hybridized carbons (Fsp3) is 0.500. The summed E-state index contributed by atoms with van der Waals surface area (Å²) >= 11 is 0. The third kappa shape index (κ3) is 3.26. The van der Waals surface area contributed by atoms with Gasteiger partial charge in [0.15, 0.2) is 9.84 Å². The van der Waals surface area contributed by atoms with Crippen LogP contribution in [-0.4, -0.2) is 26.5 Å². The van der Waals surface area contributed by atoms with Crippen molar-refractivity contribution >= 4 is 9.84 Å². The molecule has 3 nitrogen and oxygen atoms in total. The topological polar surface area (TPSA) is 46.2 Å². The van der Waals surface area contributed by atoms with Gasteiger partial charge in [0.2, 0.25) is 0 Å². The van der Waals surface area contributed by atoms with E-state index in [1.54, 1.807) is 0 Å². The highest BCUT2D eigenvalue weighted by atomic mass is 32.2. The van der Waals surface area contributed by atoms with Gasteiger partial charge in [-0.05, 0) is 30.2 Å². The van der Waals surface area contributed by atoms with E-state index in [-0.39, 0.29) is 17.4 Å². The molecule has 1 aliphatic heterocycles. The van der Waals surface area contributed by atoms with Crippen molar-refractivity contribution in [1.29, 1.82) is 0 Å². The highest BCUT2D eigenvalue weighted by Gasteiger charge is 2.27. The fourth-order valence-corrected chi connectivity index (χ4v) is 4.15. The Bertz CT molecular complexity index is 525. The molecule has 1 saturated heterocycles. The van der Waals surface area contributed by atoms with Crippen molar-refractivity contribution in [2.45, 2.75) is 13.0 Å². The molecule has 18 heavy (non-hydrogen) atoms. The molecule has 0 saturated carbocycles. The standard InChI is InChI=1S/C12H15F2NO2S/c1-8-5-15-12(7-18(16,17)6-8)9-2-10(13)4-11(14)3-9/h2-4,8,12,15H,5-7H2,1H3. The second kappa shape index (κ2) is 4.93. The molecule has 0 aromatic heterocycles. The average molecular weight is 275 g/mol. The quantitative estimate of drug-likeness (QED) is 0.848. The van der Waals surface area contributed by atoms with Gasteiger partial charge in [-0.2, -0.15) is 0 Å². The zero-order chi connectivity index (χ0) is 13.3. The fourth-order valence-electron chi connectivity index (χ4n) is 2.21. The van der Waals surface area contributed by atoms with Crippen molar-refractivity contribution in [3.8, 4) is 0 Å². The van der Waals surface area contributed by atoms with Gasteiger partial charge < -0.3 is 5.32 Å². The van der Waals surface area contributed by atoms with Crippen LogP contribution in [0.4, 0.5) is 8.78 Å². The van der Waals surface area contributed by atoms with Crippen LogP contribution in [-0.2, 0) is 9.84 Å². The van der Waals surface area contributed by atoms with E-state index in [1.807, 2.05) is 6.92 Å². The van der Waals surface area contributed by atoms with Crippen molar-refractivity contribution in [3.63, 3.8) is 0 Å². The number of sulfone groups is 1. The smallest absolute Gasteiger partial charge is 0.152 e. The first-order valence-corrected chi connectivity index (χ1v) is 7.58. The first-order chi connectivity index (χ1) is 8.35. The molecule has 0 bridgehead atoms. The third-order valence-corrected chi connectivity index (χ3v) is 4.88. The van der Waals surface area contributed by atoms with Crippen molar-refractivity contribution in [3.05, 3.63) is 35.4 Å². The zero-order valence-corrected chi connectivity index (χ0v) is 10.8. The molecule has 1 N–H and O–H groups in total. The van der Waals surface area contributed by atoms with E-state index in [0.29, 0.717) is 12.1 Å². The van der Waals surface area contributed by atoms with Crippen LogP contribution in [0.5, 0.6) is 0 Å². The van der Waals surface area contributed by atoms with Crippen molar-refractivity contribution in [2.24, 2.45) is 5.92 Å². The van der Waals surface area contributed by atoms with Crippen LogP contribution in [0.15, 0.2) is 18.2 Å². The molecule has 2 rings (SSSR count). The lowest BCUT2D eigenvalue weighted by atomic mass is 10.1. The predicted octanol–water partition coefficient (Wildman–Crippen LogP) is 1.66. The van der Waals surface area contributed by atoms with Crippen LogP contribution in [0.2, 0.25) is 0 Å². The van der Waals surface area contributed by atoms with E-state index in [4.69, 9.17) is 0 Å². The van der Waals surface area contributed by atoms with E-state index in [2.05, 4.69) is 5.32 Å². The molecule has 100 valence electrons. The Morgan fingerprint density at radius 3 is 2.39 bits per heavy atom. The van der Waals surface area contributed by atoms with Gasteiger partial charge in [0.25, 0.3) is 0 Å². The summed E-state index contributed by atoms with van der Waals surface area (Å²) in [6, 6.07) is 2.57. The minimum absolute atomic E-state index is 0.00148. The highest BCUT2D eigenvalue weighted by molar-refractivity contribution is 7.91. The molecule has 0 spiro atoms. The number of hydrogen-bond donors (Lipinski definition) is 1. The molecule has 0 radical (unpaired) electrons. The van der Waals surface area contributed by atoms with E-state index in [1.165, 1.54) is 12.1 Å². The summed E-state index contributed by atoms with van der Waals surface area (Å²) in [5.41, 5.74) is 0.338. The zero-order valence-electron chi connectivity index (χ0n) is 9.99. The van der Waals surface area contributed by atoms with E-state index < -0.39 is 27.5 Å². The highest BCUT2D eigenvalue weighted by Crippen LogP contribution is 2.22. The molecule has 1 fully saturated rings. The Labute approximate surface area is 105 Å². The first-order valence-electron chi connectivity index (χ1n) is 5.75. The molecule has 0 aliphatic carbocycles. The van der Waals surface area contributed by atoms with Gasteiger partial charge in [0.1, 0.15) is 11.6 Å². The van der Waals surface area contributed by atoms with Crippen molar-refractivity contribution < 1.29 is 17.2 Å². The minimum Gasteiger partial charge on any atom is -0.309 e. The minimum atomic E-state index is -3.20. The molecular weight excluding hydrogens is 260 g/mol. The molecule has 2 unspecified atom stereocenters. The van der Waals surface area contributed by atoms with Crippen LogP contribution >= 0.6 is 0 Å². The Balaban J connectivity index is 2.32. The number of nitrogens with one attached hydrogen (secondary N) is 1. The first kappa shape index (κ1) is 13.4. The van der Waals surface area contributed by atoms with Gasteiger partial charge in [-0.15, -0.1) is 0 Å². The van der Waals surface area contributed by atoms with Gasteiger partial charge in [-0.25, -0.2) is 17.2 Å². The van der Waals surface area contributed by atoms with Crippen molar-refractivity contribution in [1.82, 2.24) is 5.32 Å². The van der Waals surface area contributed by atoms with Crippen LogP contribution in [0.1, 0.15) is 18.5 Å². The maximum absolute atomic E-state index is 13.1. The van der Waals surface area contributed by atoms with E-state index >= 15 is 0 Å². The SMILES string of the molecule is CC1CNC(c2cc(F)cc(F)c2)CS(=O)(=O)C1. The lowest BCUT2D eigenvalue weighted by molar-refractivity contribution is 0.509. The molecule has 1 aliphatic rings. The van der Waals surface area contributed by atoms with Crippen LogP contribution in [0.3, 0.4) is 0 Å². The second-order valence-electron chi connectivity index (χ2n) is 4.85. The average Bonchev–Trinajstić information content (AvgIpc) is 2.34. The summed E-state index contributed by atoms with van der Waals surface area (Å²) in [5, 5.41) is 3.05. The molecule has 6 heteroatoms. The Morgan fingerprint density at radius 1 is 1.17 bits per heavy atom. The van der Waals surface area contributed by atoms with Gasteiger partial charge in [0, 0.05) is 12.1 Å². The molecule has 0 amide bonds. The molecule has 2 atom stereocenters. The summed E-state index contributed by atoms with van der Waals surface area (Å²) in [4.78, 5) is 0. The van der Waals surface area contributed by atoms with Gasteiger partial charge in [0.05, 0.1) is 11.5 Å². The number of benzene rings is 1. The third-order valence-electron chi connectivity index (χ3n) is 2.96. The molecule has 1 aromatic carbocycles. The summed E-state index contributed by atoms with van der Waals surface area (Å²) < 4.78 is 49.9. The van der Waals surface area contributed by atoms with Gasteiger partial charge in [-0.3, -0.25) is 0 Å². The maximum atomic E-state index is 13.1. The molecule has 1 aromatic rings. The van der Waals surface area contributed by atoms with Gasteiger partial charge in [-0.1, -0.05) is 6.92 Å². The number of rotatable bonds is 1. The summed E-state index contributed by atoms with van der Waals surface area (Å²) in [5.74, 6) is -1.41. The summed E-state index contributed by atoms with van der Waals surface area (Å²) in [6.45, 7) is 2.35.